The summed E-state index contributed by atoms with van der Waals surface area (Å²) in [6.45, 7) is 3.10. The number of carbonyl (C=O) groups is 3. The van der Waals surface area contributed by atoms with Gasteiger partial charge in [-0.1, -0.05) is 6.08 Å². The van der Waals surface area contributed by atoms with Crippen LogP contribution in [-0.4, -0.2) is 65.0 Å². The summed E-state index contributed by atoms with van der Waals surface area (Å²) in [5.41, 5.74) is -0.925. The van der Waals surface area contributed by atoms with Gasteiger partial charge in [-0.25, -0.2) is 19.6 Å². The van der Waals surface area contributed by atoms with E-state index in [-0.39, 0.29) is 17.7 Å². The van der Waals surface area contributed by atoms with Crippen molar-refractivity contribution in [1.29, 1.82) is 0 Å². The molecule has 0 radical (unpaired) electrons. The Hall–Kier alpha value is -2.09. The number of rotatable bonds is 1. The van der Waals surface area contributed by atoms with E-state index in [1.165, 1.54) is 24.2 Å². The molecular formula is C15H20N2O6. The zero-order valence-electron chi connectivity index (χ0n) is 13.5. The molecule has 0 aromatic rings. The van der Waals surface area contributed by atoms with Gasteiger partial charge in [0.2, 0.25) is 0 Å². The molecule has 2 bridgehead atoms. The number of amides is 2. The number of methoxy groups -OCH3 is 2. The molecule has 23 heavy (non-hydrogen) atoms. The Morgan fingerprint density at radius 2 is 1.70 bits per heavy atom. The molecule has 2 fully saturated rings. The summed E-state index contributed by atoms with van der Waals surface area (Å²) in [4.78, 5) is 36.9. The Morgan fingerprint density at radius 3 is 2.17 bits per heavy atom. The first-order valence-electron chi connectivity index (χ1n) is 7.45. The van der Waals surface area contributed by atoms with Crippen molar-refractivity contribution in [3.63, 3.8) is 0 Å². The quantitative estimate of drug-likeness (QED) is 0.763. The molecule has 0 unspecified atom stereocenters. The molecule has 8 heteroatoms. The van der Waals surface area contributed by atoms with Crippen LogP contribution in [0.5, 0.6) is 0 Å². The summed E-state index contributed by atoms with van der Waals surface area (Å²) in [5.74, 6) is -0.858. The Bertz CT molecular complexity index is 608. The number of hydrogen-bond donors (Lipinski definition) is 1. The zero-order valence-corrected chi connectivity index (χ0v) is 13.5. The lowest BCUT2D eigenvalue weighted by atomic mass is 9.89. The van der Waals surface area contributed by atoms with Crippen LogP contribution in [0.1, 0.15) is 20.3 Å². The van der Waals surface area contributed by atoms with E-state index in [0.29, 0.717) is 12.0 Å². The van der Waals surface area contributed by atoms with Crippen molar-refractivity contribution in [2.75, 3.05) is 14.2 Å². The predicted octanol–water partition coefficient (Wildman–Crippen LogP) is 0.705. The van der Waals surface area contributed by atoms with Crippen LogP contribution < -0.4 is 0 Å². The fourth-order valence-electron chi connectivity index (χ4n) is 4.04. The van der Waals surface area contributed by atoms with E-state index in [0.717, 1.165) is 0 Å². The first-order valence-corrected chi connectivity index (χ1v) is 7.45. The van der Waals surface area contributed by atoms with Crippen molar-refractivity contribution in [3.05, 3.63) is 11.6 Å². The van der Waals surface area contributed by atoms with Crippen molar-refractivity contribution in [2.45, 2.75) is 38.0 Å². The zero-order chi connectivity index (χ0) is 17.1. The summed E-state index contributed by atoms with van der Waals surface area (Å²) in [6.07, 6.45) is 0.855. The minimum atomic E-state index is -1.26. The van der Waals surface area contributed by atoms with Crippen molar-refractivity contribution >= 4 is 18.0 Å². The van der Waals surface area contributed by atoms with Crippen LogP contribution in [0.4, 0.5) is 9.59 Å². The van der Waals surface area contributed by atoms with Gasteiger partial charge in [0.25, 0.3) is 0 Å². The molecule has 1 heterocycles. The average Bonchev–Trinajstić information content (AvgIpc) is 3.13. The van der Waals surface area contributed by atoms with Gasteiger partial charge >= 0.3 is 12.2 Å². The van der Waals surface area contributed by atoms with Gasteiger partial charge in [0.1, 0.15) is 0 Å². The first kappa shape index (κ1) is 15.8. The first-order chi connectivity index (χ1) is 10.7. The highest BCUT2D eigenvalue weighted by atomic mass is 16.6. The van der Waals surface area contributed by atoms with Crippen LogP contribution in [0.15, 0.2) is 11.6 Å². The third-order valence-electron chi connectivity index (χ3n) is 4.93. The van der Waals surface area contributed by atoms with Crippen LogP contribution >= 0.6 is 0 Å². The van der Waals surface area contributed by atoms with E-state index in [4.69, 9.17) is 9.47 Å². The third kappa shape index (κ3) is 2.04. The standard InChI is InChI=1S/C15H20N2O6/c1-15(2,21)8-5-7-9-6-10(11(7)12(8)18)17(14(20)23-4)16(9)13(19)22-3/h5,7,9-11,21H,6H2,1-4H3/t7-,9+,10-,11-/m1/s1. The van der Waals surface area contributed by atoms with Gasteiger partial charge in [0.15, 0.2) is 5.78 Å². The lowest BCUT2D eigenvalue weighted by Gasteiger charge is -2.40. The number of Topliss-reactive ketones (excluding diaryl/α,β-unsaturated/α-hetero) is 1. The molecule has 4 atom stereocenters. The fourth-order valence-corrected chi connectivity index (χ4v) is 4.04. The predicted molar refractivity (Wildman–Crippen MR) is 77.0 cm³/mol. The maximum absolute atomic E-state index is 12.7. The molecule has 1 aliphatic heterocycles. The van der Waals surface area contributed by atoms with Crippen LogP contribution in [-0.2, 0) is 14.3 Å². The monoisotopic (exact) mass is 324 g/mol. The molecule has 1 N–H and O–H groups in total. The number of aliphatic hydroxyl groups is 1. The number of fused-ring (bicyclic) bond motifs is 5. The van der Waals surface area contributed by atoms with Gasteiger partial charge in [-0.3, -0.25) is 4.79 Å². The van der Waals surface area contributed by atoms with Gasteiger partial charge in [-0.15, -0.1) is 0 Å². The minimum absolute atomic E-state index is 0.173. The summed E-state index contributed by atoms with van der Waals surface area (Å²) in [7, 11) is 2.46. The molecule has 1 saturated heterocycles. The second-order valence-electron chi connectivity index (χ2n) is 6.61. The molecule has 1 saturated carbocycles. The van der Waals surface area contributed by atoms with Gasteiger partial charge in [-0.05, 0) is 20.3 Å². The van der Waals surface area contributed by atoms with Crippen LogP contribution in [0, 0.1) is 11.8 Å². The number of hydrazine groups is 1. The minimum Gasteiger partial charge on any atom is -0.452 e. The SMILES string of the molecule is COC(=O)N1[C@@H]2C[C@@H]([C@H]3C=C(C(C)(C)O)C(=O)[C@H]32)N1C(=O)OC. The molecule has 126 valence electrons. The highest BCUT2D eigenvalue weighted by Crippen LogP contribution is 2.52. The third-order valence-corrected chi connectivity index (χ3v) is 4.93. The number of ketones is 1. The molecule has 0 spiro atoms. The smallest absolute Gasteiger partial charge is 0.428 e. The lowest BCUT2D eigenvalue weighted by molar-refractivity contribution is -0.127. The maximum atomic E-state index is 12.7. The van der Waals surface area contributed by atoms with E-state index in [2.05, 4.69) is 0 Å². The lowest BCUT2D eigenvalue weighted by Crippen LogP contribution is -2.58. The fraction of sp³-hybridized carbons (Fsp3) is 0.667. The van der Waals surface area contributed by atoms with Gasteiger partial charge in [-0.2, -0.15) is 0 Å². The molecule has 8 nitrogen and oxygen atoms in total. The Labute approximate surface area is 133 Å². The summed E-state index contributed by atoms with van der Waals surface area (Å²) in [5, 5.41) is 12.6. The molecule has 0 aromatic carbocycles. The molecular weight excluding hydrogens is 304 g/mol. The van der Waals surface area contributed by atoms with Gasteiger partial charge < -0.3 is 14.6 Å². The van der Waals surface area contributed by atoms with E-state index < -0.39 is 29.7 Å². The van der Waals surface area contributed by atoms with Crippen LogP contribution in [0.25, 0.3) is 0 Å². The topological polar surface area (TPSA) is 96.4 Å². The van der Waals surface area contributed by atoms with Crippen LogP contribution in [0.3, 0.4) is 0 Å². The Balaban J connectivity index is 2.00. The summed E-state index contributed by atoms with van der Waals surface area (Å²) in [6, 6.07) is -0.833. The van der Waals surface area contributed by atoms with Crippen molar-refractivity contribution in [2.24, 2.45) is 11.8 Å². The van der Waals surface area contributed by atoms with Gasteiger partial charge in [0, 0.05) is 11.5 Å². The number of hydrogen-bond acceptors (Lipinski definition) is 6. The number of carbonyl (C=O) groups excluding carboxylic acids is 3. The molecule has 3 rings (SSSR count). The second kappa shape index (κ2) is 4.95. The highest BCUT2D eigenvalue weighted by Gasteiger charge is 2.64. The maximum Gasteiger partial charge on any atom is 0.428 e. The van der Waals surface area contributed by atoms with E-state index >= 15 is 0 Å². The van der Waals surface area contributed by atoms with Crippen molar-refractivity contribution < 1.29 is 29.0 Å². The molecule has 3 aliphatic rings. The Kier molecular flexibility index (Phi) is 3.40. The van der Waals surface area contributed by atoms with Crippen LogP contribution in [0.2, 0.25) is 0 Å². The molecule has 2 amide bonds. The molecule has 2 aliphatic carbocycles. The Morgan fingerprint density at radius 1 is 1.17 bits per heavy atom. The summed E-state index contributed by atoms with van der Waals surface area (Å²) >= 11 is 0. The number of nitrogens with zero attached hydrogens (tertiary/aromatic N) is 2. The largest absolute Gasteiger partial charge is 0.452 e. The normalized spacial score (nSPS) is 32.0. The number of ether oxygens (including phenoxy) is 2. The van der Waals surface area contributed by atoms with Gasteiger partial charge in [0.05, 0.1) is 37.8 Å². The van der Waals surface area contributed by atoms with Crippen molar-refractivity contribution in [1.82, 2.24) is 10.0 Å². The van der Waals surface area contributed by atoms with E-state index in [1.807, 2.05) is 0 Å². The average molecular weight is 324 g/mol. The molecule has 0 aromatic heterocycles. The second-order valence-corrected chi connectivity index (χ2v) is 6.61. The summed E-state index contributed by atoms with van der Waals surface area (Å²) < 4.78 is 9.51. The van der Waals surface area contributed by atoms with Crippen molar-refractivity contribution in [3.8, 4) is 0 Å². The highest BCUT2D eigenvalue weighted by molar-refractivity contribution is 6.03. The van der Waals surface area contributed by atoms with E-state index in [9.17, 15) is 19.5 Å². The van der Waals surface area contributed by atoms with E-state index in [1.54, 1.807) is 19.9 Å².